The molecule has 9 heteroatoms. The van der Waals surface area contributed by atoms with Crippen LogP contribution in [0.15, 0.2) is 37.1 Å². The van der Waals surface area contributed by atoms with E-state index in [2.05, 4.69) is 24.0 Å². The lowest BCUT2D eigenvalue weighted by molar-refractivity contribution is -0.595. The third-order valence-electron chi connectivity index (χ3n) is 4.95. The summed E-state index contributed by atoms with van der Waals surface area (Å²) in [5.41, 5.74) is 3.69. The zero-order valence-electron chi connectivity index (χ0n) is 16.7. The fourth-order valence-electron chi connectivity index (χ4n) is 3.24. The van der Waals surface area contributed by atoms with E-state index in [9.17, 15) is 5.11 Å². The summed E-state index contributed by atoms with van der Waals surface area (Å²) < 4.78 is 3.72. The van der Waals surface area contributed by atoms with Crippen molar-refractivity contribution < 1.29 is 15.5 Å². The minimum absolute atomic E-state index is 0.299. The van der Waals surface area contributed by atoms with Crippen LogP contribution < -0.4 is 5.32 Å². The minimum Gasteiger partial charge on any atom is -0.393 e. The van der Waals surface area contributed by atoms with E-state index in [-0.39, 0.29) is 6.61 Å². The highest BCUT2D eigenvalue weighted by atomic mass is 16.3. The molecule has 3 aromatic heterocycles. The Kier molecular flexibility index (Phi) is 6.86. The molecule has 3 rings (SSSR count). The van der Waals surface area contributed by atoms with Crippen LogP contribution in [0.25, 0.3) is 22.3 Å². The van der Waals surface area contributed by atoms with Gasteiger partial charge in [0.1, 0.15) is 18.8 Å². The fourth-order valence-corrected chi connectivity index (χ4v) is 3.24. The Balaban J connectivity index is 1.99. The van der Waals surface area contributed by atoms with Crippen molar-refractivity contribution in [1.29, 1.82) is 5.41 Å². The SMILES string of the molecule is CCC(CC)n1cc(-c2nc(/C(C=N)=C/[NH2+]CC(O)CO)cn3nccc23)cn1. The molecule has 5 N–H and O–H groups in total. The fraction of sp³-hybridized carbons (Fsp3) is 0.400. The Morgan fingerprint density at radius 3 is 2.76 bits per heavy atom. The van der Waals surface area contributed by atoms with Gasteiger partial charge in [-0.15, -0.1) is 0 Å². The number of aromatic nitrogens is 5. The summed E-state index contributed by atoms with van der Waals surface area (Å²) in [5.74, 6) is 0. The molecule has 9 nitrogen and oxygen atoms in total. The number of rotatable bonds is 10. The summed E-state index contributed by atoms with van der Waals surface area (Å²) in [4.78, 5) is 4.79. The molecule has 154 valence electrons. The van der Waals surface area contributed by atoms with Gasteiger partial charge in [-0.25, -0.2) is 9.50 Å². The van der Waals surface area contributed by atoms with Gasteiger partial charge in [0, 0.05) is 18.0 Å². The predicted molar refractivity (Wildman–Crippen MR) is 110 cm³/mol. The van der Waals surface area contributed by atoms with E-state index in [1.165, 1.54) is 6.21 Å². The first-order chi connectivity index (χ1) is 14.1. The van der Waals surface area contributed by atoms with Crippen LogP contribution >= 0.6 is 0 Å². The van der Waals surface area contributed by atoms with Crippen molar-refractivity contribution in [3.63, 3.8) is 0 Å². The molecular formula is C20H28N7O2+. The molecule has 0 radical (unpaired) electrons. The van der Waals surface area contributed by atoms with Crippen molar-refractivity contribution in [3.8, 4) is 11.3 Å². The number of hydrogen-bond donors (Lipinski definition) is 4. The molecule has 0 aliphatic heterocycles. The van der Waals surface area contributed by atoms with E-state index in [1.807, 2.05) is 23.1 Å². The quantitative estimate of drug-likeness (QED) is 0.377. The molecule has 0 aromatic carbocycles. The summed E-state index contributed by atoms with van der Waals surface area (Å²) in [7, 11) is 0. The molecule has 0 aliphatic rings. The highest BCUT2D eigenvalue weighted by molar-refractivity contribution is 6.07. The monoisotopic (exact) mass is 398 g/mol. The van der Waals surface area contributed by atoms with Crippen molar-refractivity contribution in [3.05, 3.63) is 42.7 Å². The molecule has 1 atom stereocenters. The van der Waals surface area contributed by atoms with Gasteiger partial charge in [-0.3, -0.25) is 4.68 Å². The molecule has 0 spiro atoms. The van der Waals surface area contributed by atoms with E-state index >= 15 is 0 Å². The molecule has 0 fully saturated rings. The van der Waals surface area contributed by atoms with Gasteiger partial charge in [-0.2, -0.15) is 10.2 Å². The third-order valence-corrected chi connectivity index (χ3v) is 4.95. The van der Waals surface area contributed by atoms with E-state index in [0.29, 0.717) is 23.9 Å². The summed E-state index contributed by atoms with van der Waals surface area (Å²) in [6.45, 7) is 4.29. The summed E-state index contributed by atoms with van der Waals surface area (Å²) in [5, 5.41) is 36.8. The molecule has 0 bridgehead atoms. The van der Waals surface area contributed by atoms with Crippen molar-refractivity contribution in [2.75, 3.05) is 13.2 Å². The molecule has 0 saturated heterocycles. The number of aliphatic hydroxyl groups excluding tert-OH is 2. The number of allylic oxidation sites excluding steroid dienone is 1. The van der Waals surface area contributed by atoms with E-state index in [4.69, 9.17) is 15.5 Å². The standard InChI is InChI=1S/C20H27N7O2/c1-3-16(4-2)26-11-15(9-24-26)20-19-5-6-23-27(19)12-18(25-20)14(7-21)8-22-10-17(29)13-28/h5-9,11-12,16-17,21-22,28-29H,3-4,10,13H2,1-2H3/p+1/b14-8+,21-7?. The maximum Gasteiger partial charge on any atom is 0.126 e. The van der Waals surface area contributed by atoms with Crippen molar-refractivity contribution in [2.24, 2.45) is 0 Å². The Morgan fingerprint density at radius 1 is 1.28 bits per heavy atom. The van der Waals surface area contributed by atoms with Gasteiger partial charge in [-0.1, -0.05) is 13.8 Å². The molecular weight excluding hydrogens is 370 g/mol. The maximum absolute atomic E-state index is 9.50. The maximum atomic E-state index is 9.50. The van der Waals surface area contributed by atoms with E-state index < -0.39 is 6.10 Å². The number of fused-ring (bicyclic) bond motifs is 1. The summed E-state index contributed by atoms with van der Waals surface area (Å²) in [6.07, 6.45) is 11.4. The number of nitrogens with zero attached hydrogens (tertiary/aromatic N) is 5. The van der Waals surface area contributed by atoms with Gasteiger partial charge in [0.2, 0.25) is 0 Å². The number of nitrogens with two attached hydrogens (primary N) is 1. The second-order valence-corrected chi connectivity index (χ2v) is 6.89. The molecule has 29 heavy (non-hydrogen) atoms. The number of hydrogen-bond acceptors (Lipinski definition) is 6. The lowest BCUT2D eigenvalue weighted by atomic mass is 10.1. The topological polar surface area (TPSA) is 129 Å². The van der Waals surface area contributed by atoms with Crippen LogP contribution in [0, 0.1) is 5.41 Å². The summed E-state index contributed by atoms with van der Waals surface area (Å²) >= 11 is 0. The molecule has 0 amide bonds. The van der Waals surface area contributed by atoms with Gasteiger partial charge >= 0.3 is 0 Å². The van der Waals surface area contributed by atoms with Crippen LogP contribution in [-0.2, 0) is 0 Å². The Bertz CT molecular complexity index is 988. The summed E-state index contributed by atoms with van der Waals surface area (Å²) in [6, 6.07) is 2.25. The second-order valence-electron chi connectivity index (χ2n) is 6.89. The van der Waals surface area contributed by atoms with Gasteiger partial charge in [0.15, 0.2) is 0 Å². The molecule has 0 saturated carbocycles. The molecule has 3 aromatic rings. The predicted octanol–water partition coefficient (Wildman–Crippen LogP) is 0.861. The van der Waals surface area contributed by atoms with E-state index in [0.717, 1.165) is 29.6 Å². The number of nitrogens with one attached hydrogen (secondary N) is 1. The third kappa shape index (κ3) is 4.58. The first-order valence-corrected chi connectivity index (χ1v) is 9.83. The van der Waals surface area contributed by atoms with Crippen LogP contribution in [-0.4, -0.2) is 60.1 Å². The average Bonchev–Trinajstić information content (AvgIpc) is 3.41. The molecule has 0 aliphatic carbocycles. The van der Waals surface area contributed by atoms with Crippen molar-refractivity contribution >= 4 is 17.3 Å². The smallest absolute Gasteiger partial charge is 0.126 e. The van der Waals surface area contributed by atoms with Crippen LogP contribution in [0.1, 0.15) is 38.4 Å². The van der Waals surface area contributed by atoms with Gasteiger partial charge in [-0.05, 0) is 18.9 Å². The lowest BCUT2D eigenvalue weighted by Crippen LogP contribution is -2.81. The van der Waals surface area contributed by atoms with Gasteiger partial charge in [0.05, 0.1) is 53.7 Å². The highest BCUT2D eigenvalue weighted by Gasteiger charge is 2.15. The molecule has 1 unspecified atom stereocenters. The van der Waals surface area contributed by atoms with Crippen LogP contribution in [0.2, 0.25) is 0 Å². The zero-order chi connectivity index (χ0) is 20.8. The van der Waals surface area contributed by atoms with Crippen LogP contribution in [0.5, 0.6) is 0 Å². The van der Waals surface area contributed by atoms with Crippen LogP contribution in [0.3, 0.4) is 0 Å². The normalized spacial score (nSPS) is 13.3. The van der Waals surface area contributed by atoms with E-state index in [1.54, 1.807) is 28.4 Å². The number of quaternary nitrogens is 1. The van der Waals surface area contributed by atoms with Crippen molar-refractivity contribution in [1.82, 2.24) is 24.4 Å². The average molecular weight is 398 g/mol. The largest absolute Gasteiger partial charge is 0.393 e. The van der Waals surface area contributed by atoms with Crippen LogP contribution in [0.4, 0.5) is 0 Å². The van der Waals surface area contributed by atoms with Crippen molar-refractivity contribution in [2.45, 2.75) is 38.8 Å². The lowest BCUT2D eigenvalue weighted by Gasteiger charge is -2.12. The Hall–Kier alpha value is -2.88. The minimum atomic E-state index is -0.814. The second kappa shape index (κ2) is 9.55. The first kappa shape index (κ1) is 20.8. The van der Waals surface area contributed by atoms with Gasteiger partial charge < -0.3 is 20.9 Å². The zero-order valence-corrected chi connectivity index (χ0v) is 16.7. The van der Waals surface area contributed by atoms with Gasteiger partial charge in [0.25, 0.3) is 0 Å². The highest BCUT2D eigenvalue weighted by Crippen LogP contribution is 2.26. The Labute approximate surface area is 169 Å². The Morgan fingerprint density at radius 2 is 2.07 bits per heavy atom. The first-order valence-electron chi connectivity index (χ1n) is 9.83. The number of aliphatic hydroxyl groups is 2. The molecule has 3 heterocycles.